The summed E-state index contributed by atoms with van der Waals surface area (Å²) in [5.74, 6) is -0.0736. The van der Waals surface area contributed by atoms with E-state index >= 15 is 0 Å². The monoisotopic (exact) mass is 239 g/mol. The predicted molar refractivity (Wildman–Crippen MR) is 63.7 cm³/mol. The maximum atomic E-state index is 11.8. The lowest BCUT2D eigenvalue weighted by Gasteiger charge is -2.19. The molecule has 4 heteroatoms. The first-order valence-electron chi connectivity index (χ1n) is 5.31. The highest BCUT2D eigenvalue weighted by Crippen LogP contribution is 2.30. The maximum absolute atomic E-state index is 11.8. The van der Waals surface area contributed by atoms with Crippen molar-refractivity contribution < 1.29 is 9.90 Å². The number of anilines is 1. The molecule has 0 aliphatic carbocycles. The number of carbonyl (C=O) groups is 1. The molecule has 1 atom stereocenters. The van der Waals surface area contributed by atoms with E-state index in [0.717, 1.165) is 23.2 Å². The van der Waals surface area contributed by atoms with E-state index in [0.29, 0.717) is 6.54 Å². The smallest absolute Gasteiger partial charge is 0.244 e. The second-order valence-electron chi connectivity index (χ2n) is 3.98. The van der Waals surface area contributed by atoms with E-state index in [9.17, 15) is 4.79 Å². The molecule has 86 valence electrons. The molecule has 1 N–H and O–H groups in total. The average molecular weight is 240 g/mol. The number of hydrogen-bond donors (Lipinski definition) is 1. The molecule has 0 aromatic heterocycles. The summed E-state index contributed by atoms with van der Waals surface area (Å²) in [5.41, 5.74) is 2.85. The van der Waals surface area contributed by atoms with Crippen molar-refractivity contribution in [1.82, 2.24) is 0 Å². The molecule has 1 aliphatic rings. The molecule has 0 saturated carbocycles. The van der Waals surface area contributed by atoms with Crippen molar-refractivity contribution in [2.45, 2.75) is 25.3 Å². The zero-order chi connectivity index (χ0) is 11.7. The minimum atomic E-state index is -0.510. The zero-order valence-electron chi connectivity index (χ0n) is 9.11. The van der Waals surface area contributed by atoms with Gasteiger partial charge in [-0.3, -0.25) is 4.79 Å². The molecule has 0 unspecified atom stereocenters. The van der Waals surface area contributed by atoms with Crippen LogP contribution in [0.15, 0.2) is 18.2 Å². The number of aliphatic hydroxyl groups is 1. The maximum Gasteiger partial charge on any atom is 0.244 e. The SMILES string of the molecule is C[C@@H](Cl)C(=O)N1CCc2ccc(CO)cc21. The topological polar surface area (TPSA) is 40.5 Å². The highest BCUT2D eigenvalue weighted by molar-refractivity contribution is 6.32. The van der Waals surface area contributed by atoms with Crippen LogP contribution < -0.4 is 4.90 Å². The molecule has 1 aromatic carbocycles. The van der Waals surface area contributed by atoms with Gasteiger partial charge in [0.2, 0.25) is 5.91 Å². The zero-order valence-corrected chi connectivity index (χ0v) is 9.87. The first kappa shape index (κ1) is 11.4. The molecule has 0 saturated heterocycles. The molecule has 1 aliphatic heterocycles. The van der Waals surface area contributed by atoms with Crippen LogP contribution >= 0.6 is 11.6 Å². The largest absolute Gasteiger partial charge is 0.392 e. The molecule has 16 heavy (non-hydrogen) atoms. The summed E-state index contributed by atoms with van der Waals surface area (Å²) >= 11 is 5.81. The van der Waals surface area contributed by atoms with E-state index in [1.54, 1.807) is 11.8 Å². The molecule has 0 spiro atoms. The Morgan fingerprint density at radius 1 is 1.62 bits per heavy atom. The number of rotatable bonds is 2. The Kier molecular flexibility index (Phi) is 3.17. The summed E-state index contributed by atoms with van der Waals surface area (Å²) in [5, 5.41) is 8.56. The number of hydrogen-bond acceptors (Lipinski definition) is 2. The number of benzene rings is 1. The number of carbonyl (C=O) groups excluding carboxylic acids is 1. The number of fused-ring (bicyclic) bond motifs is 1. The summed E-state index contributed by atoms with van der Waals surface area (Å²) in [4.78, 5) is 13.5. The van der Waals surface area contributed by atoms with Crippen molar-refractivity contribution in [3.63, 3.8) is 0 Å². The number of aliphatic hydroxyl groups excluding tert-OH is 1. The van der Waals surface area contributed by atoms with Crippen LogP contribution in [0.4, 0.5) is 5.69 Å². The molecule has 1 aromatic rings. The number of halogens is 1. The van der Waals surface area contributed by atoms with E-state index in [2.05, 4.69) is 0 Å². The molecule has 1 heterocycles. The second kappa shape index (κ2) is 4.44. The molecule has 2 rings (SSSR count). The van der Waals surface area contributed by atoms with Gasteiger partial charge in [-0.1, -0.05) is 12.1 Å². The van der Waals surface area contributed by atoms with Gasteiger partial charge in [-0.05, 0) is 30.5 Å². The minimum absolute atomic E-state index is 0.00820. The van der Waals surface area contributed by atoms with Crippen molar-refractivity contribution in [3.05, 3.63) is 29.3 Å². The highest BCUT2D eigenvalue weighted by Gasteiger charge is 2.27. The van der Waals surface area contributed by atoms with E-state index in [-0.39, 0.29) is 12.5 Å². The Morgan fingerprint density at radius 2 is 2.38 bits per heavy atom. The van der Waals surface area contributed by atoms with E-state index in [1.807, 2.05) is 18.2 Å². The lowest BCUT2D eigenvalue weighted by molar-refractivity contribution is -0.117. The first-order valence-corrected chi connectivity index (χ1v) is 5.75. The Hall–Kier alpha value is -1.06. The fourth-order valence-electron chi connectivity index (χ4n) is 1.97. The number of alkyl halides is 1. The van der Waals surface area contributed by atoms with Gasteiger partial charge in [0.05, 0.1) is 6.61 Å². The molecular weight excluding hydrogens is 226 g/mol. The van der Waals surface area contributed by atoms with Gasteiger partial charge >= 0.3 is 0 Å². The molecule has 0 bridgehead atoms. The van der Waals surface area contributed by atoms with Gasteiger partial charge in [0.15, 0.2) is 0 Å². The van der Waals surface area contributed by atoms with Gasteiger partial charge in [0, 0.05) is 12.2 Å². The first-order chi connectivity index (χ1) is 7.63. The Bertz CT molecular complexity index is 417. The summed E-state index contributed by atoms with van der Waals surface area (Å²) in [6, 6.07) is 5.71. The molecular formula is C12H14ClNO2. The van der Waals surface area contributed by atoms with Crippen LogP contribution in [0.3, 0.4) is 0 Å². The predicted octanol–water partition coefficient (Wildman–Crippen LogP) is 1.70. The van der Waals surface area contributed by atoms with Crippen LogP contribution in [0.2, 0.25) is 0 Å². The third-order valence-electron chi connectivity index (χ3n) is 2.83. The Labute approximate surface area is 99.6 Å². The molecule has 0 fully saturated rings. The third kappa shape index (κ3) is 1.93. The van der Waals surface area contributed by atoms with Gasteiger partial charge in [0.1, 0.15) is 5.38 Å². The standard InChI is InChI=1S/C12H14ClNO2/c1-8(13)12(16)14-5-4-10-3-2-9(7-15)6-11(10)14/h2-3,6,8,15H,4-5,7H2,1H3/t8-/m1/s1. The second-order valence-corrected chi connectivity index (χ2v) is 4.63. The summed E-state index contributed by atoms with van der Waals surface area (Å²) in [6.07, 6.45) is 0.858. The normalized spacial score (nSPS) is 16.1. The number of nitrogens with zero attached hydrogens (tertiary/aromatic N) is 1. The highest BCUT2D eigenvalue weighted by atomic mass is 35.5. The minimum Gasteiger partial charge on any atom is -0.392 e. The average Bonchev–Trinajstić information content (AvgIpc) is 2.70. The summed E-state index contributed by atoms with van der Waals surface area (Å²) in [6.45, 7) is 2.35. The van der Waals surface area contributed by atoms with Crippen molar-refractivity contribution in [3.8, 4) is 0 Å². The van der Waals surface area contributed by atoms with E-state index < -0.39 is 5.38 Å². The van der Waals surface area contributed by atoms with Crippen LogP contribution in [-0.2, 0) is 17.8 Å². The van der Waals surface area contributed by atoms with Crippen LogP contribution in [0.5, 0.6) is 0 Å². The van der Waals surface area contributed by atoms with Crippen LogP contribution in [0.1, 0.15) is 18.1 Å². The fourth-order valence-corrected chi connectivity index (χ4v) is 2.08. The van der Waals surface area contributed by atoms with Gasteiger partial charge < -0.3 is 10.0 Å². The Morgan fingerprint density at radius 3 is 3.00 bits per heavy atom. The van der Waals surface area contributed by atoms with Crippen molar-refractivity contribution in [1.29, 1.82) is 0 Å². The van der Waals surface area contributed by atoms with Crippen LogP contribution in [0, 0.1) is 0 Å². The van der Waals surface area contributed by atoms with Crippen molar-refractivity contribution >= 4 is 23.2 Å². The summed E-state index contributed by atoms with van der Waals surface area (Å²) in [7, 11) is 0. The third-order valence-corrected chi connectivity index (χ3v) is 3.02. The van der Waals surface area contributed by atoms with Gasteiger partial charge in [-0.25, -0.2) is 0 Å². The molecule has 3 nitrogen and oxygen atoms in total. The van der Waals surface area contributed by atoms with Crippen LogP contribution in [0.25, 0.3) is 0 Å². The fraction of sp³-hybridized carbons (Fsp3) is 0.417. The van der Waals surface area contributed by atoms with Crippen molar-refractivity contribution in [2.75, 3.05) is 11.4 Å². The van der Waals surface area contributed by atoms with E-state index in [1.165, 1.54) is 0 Å². The van der Waals surface area contributed by atoms with Crippen LogP contribution in [-0.4, -0.2) is 22.9 Å². The summed E-state index contributed by atoms with van der Waals surface area (Å²) < 4.78 is 0. The van der Waals surface area contributed by atoms with Gasteiger partial charge in [0.25, 0.3) is 0 Å². The quantitative estimate of drug-likeness (QED) is 0.798. The number of amides is 1. The lowest BCUT2D eigenvalue weighted by atomic mass is 10.1. The lowest BCUT2D eigenvalue weighted by Crippen LogP contribution is -2.34. The van der Waals surface area contributed by atoms with Crippen molar-refractivity contribution in [2.24, 2.45) is 0 Å². The Balaban J connectivity index is 2.34. The molecule has 1 amide bonds. The van der Waals surface area contributed by atoms with Gasteiger partial charge in [-0.2, -0.15) is 0 Å². The molecule has 0 radical (unpaired) electrons. The van der Waals surface area contributed by atoms with E-state index in [4.69, 9.17) is 16.7 Å². The van der Waals surface area contributed by atoms with Gasteiger partial charge in [-0.15, -0.1) is 11.6 Å².